The predicted octanol–water partition coefficient (Wildman–Crippen LogP) is 3.92. The van der Waals surface area contributed by atoms with E-state index in [-0.39, 0.29) is 11.9 Å². The lowest BCUT2D eigenvalue weighted by Crippen LogP contribution is -2.27. The third kappa shape index (κ3) is 2.94. The topological polar surface area (TPSA) is 44.9 Å². The first-order chi connectivity index (χ1) is 8.58. The van der Waals surface area contributed by atoms with Gasteiger partial charge in [0.1, 0.15) is 5.69 Å². The van der Waals surface area contributed by atoms with Crippen LogP contribution in [0.4, 0.5) is 0 Å². The molecule has 0 saturated carbocycles. The van der Waals surface area contributed by atoms with Crippen molar-refractivity contribution in [3.8, 4) is 0 Å². The molecular weight excluding hydrogens is 316 g/mol. The van der Waals surface area contributed by atoms with Gasteiger partial charge in [0.25, 0.3) is 5.91 Å². The molecule has 1 heterocycles. The Morgan fingerprint density at radius 3 is 2.78 bits per heavy atom. The highest BCUT2D eigenvalue weighted by atomic mass is 79.9. The van der Waals surface area contributed by atoms with Gasteiger partial charge in [-0.1, -0.05) is 45.7 Å². The van der Waals surface area contributed by atoms with Crippen LogP contribution in [-0.4, -0.2) is 10.9 Å². The van der Waals surface area contributed by atoms with Gasteiger partial charge in [-0.15, -0.1) is 0 Å². The first kappa shape index (κ1) is 13.2. The number of rotatable bonds is 3. The summed E-state index contributed by atoms with van der Waals surface area (Å²) in [4.78, 5) is 14.8. The van der Waals surface area contributed by atoms with Crippen molar-refractivity contribution in [3.63, 3.8) is 0 Å². The molecule has 0 aliphatic heterocycles. The van der Waals surface area contributed by atoms with Crippen molar-refractivity contribution in [1.29, 1.82) is 0 Å². The summed E-state index contributed by atoms with van der Waals surface area (Å²) in [6, 6.07) is 9.31. The van der Waals surface area contributed by atoms with E-state index in [0.29, 0.717) is 10.7 Å². The molecule has 3 nitrogen and oxygen atoms in total. The van der Waals surface area contributed by atoms with E-state index in [9.17, 15) is 4.79 Å². The van der Waals surface area contributed by atoms with Crippen LogP contribution in [0.1, 0.15) is 29.0 Å². The van der Waals surface area contributed by atoms with E-state index in [2.05, 4.69) is 26.2 Å². The second-order valence-corrected chi connectivity index (χ2v) is 5.24. The average molecular weight is 328 g/mol. The number of aromatic amines is 1. The van der Waals surface area contributed by atoms with E-state index in [1.165, 1.54) is 0 Å². The highest BCUT2D eigenvalue weighted by Gasteiger charge is 2.14. The molecule has 1 amide bonds. The van der Waals surface area contributed by atoms with E-state index in [0.717, 1.165) is 10.0 Å². The van der Waals surface area contributed by atoms with Gasteiger partial charge in [0, 0.05) is 10.7 Å². The maximum Gasteiger partial charge on any atom is 0.268 e. The average Bonchev–Trinajstić information content (AvgIpc) is 2.76. The quantitative estimate of drug-likeness (QED) is 0.881. The van der Waals surface area contributed by atoms with Crippen LogP contribution in [0.25, 0.3) is 0 Å². The molecule has 0 radical (unpaired) electrons. The molecule has 2 rings (SSSR count). The summed E-state index contributed by atoms with van der Waals surface area (Å²) in [7, 11) is 0. The molecule has 5 heteroatoms. The number of aromatic nitrogens is 1. The molecule has 0 aliphatic carbocycles. The Balaban J connectivity index is 2.10. The Hall–Kier alpha value is -1.26. The molecule has 0 saturated heterocycles. The monoisotopic (exact) mass is 326 g/mol. The van der Waals surface area contributed by atoms with Crippen LogP contribution >= 0.6 is 27.5 Å². The number of halogens is 2. The summed E-state index contributed by atoms with van der Waals surface area (Å²) in [5.74, 6) is -0.176. The number of carbonyl (C=O) groups excluding carboxylic acids is 1. The van der Waals surface area contributed by atoms with Gasteiger partial charge in [0.2, 0.25) is 0 Å². The van der Waals surface area contributed by atoms with Gasteiger partial charge < -0.3 is 10.3 Å². The second-order valence-electron chi connectivity index (χ2n) is 3.95. The number of hydrogen-bond donors (Lipinski definition) is 2. The van der Waals surface area contributed by atoms with E-state index < -0.39 is 0 Å². The van der Waals surface area contributed by atoms with Gasteiger partial charge in [-0.25, -0.2) is 0 Å². The Bertz CT molecular complexity index is 568. The Labute approximate surface area is 119 Å². The zero-order valence-corrected chi connectivity index (χ0v) is 12.0. The summed E-state index contributed by atoms with van der Waals surface area (Å²) in [5.41, 5.74) is 1.49. The van der Waals surface area contributed by atoms with Crippen molar-refractivity contribution < 1.29 is 4.79 Å². The summed E-state index contributed by atoms with van der Waals surface area (Å²) < 4.78 is 0.974. The van der Waals surface area contributed by atoms with Crippen molar-refractivity contribution in [2.75, 3.05) is 0 Å². The number of hydrogen-bond acceptors (Lipinski definition) is 1. The number of amides is 1. The maximum atomic E-state index is 11.9. The molecule has 94 valence electrons. The van der Waals surface area contributed by atoms with Gasteiger partial charge in [0.15, 0.2) is 0 Å². The van der Waals surface area contributed by atoms with Gasteiger partial charge in [0.05, 0.1) is 11.1 Å². The molecule has 18 heavy (non-hydrogen) atoms. The van der Waals surface area contributed by atoms with Crippen LogP contribution in [0, 0.1) is 0 Å². The van der Waals surface area contributed by atoms with E-state index >= 15 is 0 Å². The highest BCUT2D eigenvalue weighted by Crippen LogP contribution is 2.23. The lowest BCUT2D eigenvalue weighted by molar-refractivity contribution is 0.0935. The summed E-state index contributed by atoms with van der Waals surface area (Å²) in [6.07, 6.45) is 1.58. The molecule has 0 aliphatic rings. The van der Waals surface area contributed by atoms with Gasteiger partial charge >= 0.3 is 0 Å². The standard InChI is InChI=1S/C13H12BrClN2O/c1-8(10-4-2-3-5-11(10)14)17-13(18)12-6-9(15)7-16-12/h2-8,16H,1H3,(H,17,18). The van der Waals surface area contributed by atoms with Crippen molar-refractivity contribution >= 4 is 33.4 Å². The number of nitrogens with one attached hydrogen (secondary N) is 2. The third-order valence-electron chi connectivity index (χ3n) is 2.61. The predicted molar refractivity (Wildman–Crippen MR) is 75.8 cm³/mol. The summed E-state index contributed by atoms with van der Waals surface area (Å²) >= 11 is 9.23. The Kier molecular flexibility index (Phi) is 4.09. The molecule has 0 fully saturated rings. The molecular formula is C13H12BrClN2O. The SMILES string of the molecule is CC(NC(=O)c1cc(Cl)c[nH]1)c1ccccc1Br. The fourth-order valence-corrected chi connectivity index (χ4v) is 2.47. The van der Waals surface area contributed by atoms with Crippen LogP contribution in [0.5, 0.6) is 0 Å². The van der Waals surface area contributed by atoms with Gasteiger partial charge in [-0.05, 0) is 24.6 Å². The van der Waals surface area contributed by atoms with E-state index in [1.54, 1.807) is 12.3 Å². The normalized spacial score (nSPS) is 12.2. The van der Waals surface area contributed by atoms with E-state index in [1.807, 2.05) is 31.2 Å². The lowest BCUT2D eigenvalue weighted by Gasteiger charge is -2.15. The minimum Gasteiger partial charge on any atom is -0.356 e. The first-order valence-electron chi connectivity index (χ1n) is 5.47. The molecule has 0 spiro atoms. The zero-order chi connectivity index (χ0) is 13.1. The Morgan fingerprint density at radius 2 is 2.17 bits per heavy atom. The maximum absolute atomic E-state index is 11.9. The summed E-state index contributed by atoms with van der Waals surface area (Å²) in [6.45, 7) is 1.93. The van der Waals surface area contributed by atoms with Crippen LogP contribution in [-0.2, 0) is 0 Å². The van der Waals surface area contributed by atoms with Crippen molar-refractivity contribution in [2.45, 2.75) is 13.0 Å². The fourth-order valence-electron chi connectivity index (χ4n) is 1.68. The van der Waals surface area contributed by atoms with Crippen molar-refractivity contribution in [2.24, 2.45) is 0 Å². The number of benzene rings is 1. The minimum absolute atomic E-state index is 0.0878. The molecule has 1 aromatic heterocycles. The second kappa shape index (κ2) is 5.59. The smallest absolute Gasteiger partial charge is 0.268 e. The largest absolute Gasteiger partial charge is 0.356 e. The molecule has 1 atom stereocenters. The Morgan fingerprint density at radius 1 is 1.44 bits per heavy atom. The van der Waals surface area contributed by atoms with Crippen LogP contribution < -0.4 is 5.32 Å². The van der Waals surface area contributed by atoms with Crippen LogP contribution in [0.3, 0.4) is 0 Å². The zero-order valence-electron chi connectivity index (χ0n) is 9.71. The fraction of sp³-hybridized carbons (Fsp3) is 0.154. The van der Waals surface area contributed by atoms with Crippen molar-refractivity contribution in [3.05, 3.63) is 57.3 Å². The first-order valence-corrected chi connectivity index (χ1v) is 6.64. The number of H-pyrrole nitrogens is 1. The van der Waals surface area contributed by atoms with Gasteiger partial charge in [-0.2, -0.15) is 0 Å². The molecule has 0 bridgehead atoms. The minimum atomic E-state index is -0.176. The molecule has 2 aromatic rings. The molecule has 1 unspecified atom stereocenters. The summed E-state index contributed by atoms with van der Waals surface area (Å²) in [5, 5.41) is 3.43. The van der Waals surface area contributed by atoms with Crippen molar-refractivity contribution in [1.82, 2.24) is 10.3 Å². The van der Waals surface area contributed by atoms with Gasteiger partial charge in [-0.3, -0.25) is 4.79 Å². The van der Waals surface area contributed by atoms with Crippen LogP contribution in [0.2, 0.25) is 5.02 Å². The molecule has 1 aromatic carbocycles. The molecule has 2 N–H and O–H groups in total. The number of carbonyl (C=O) groups is 1. The highest BCUT2D eigenvalue weighted by molar-refractivity contribution is 9.10. The lowest BCUT2D eigenvalue weighted by atomic mass is 10.1. The van der Waals surface area contributed by atoms with Crippen LogP contribution in [0.15, 0.2) is 41.0 Å². The van der Waals surface area contributed by atoms with E-state index in [4.69, 9.17) is 11.6 Å². The third-order valence-corrected chi connectivity index (χ3v) is 3.55.